The van der Waals surface area contributed by atoms with E-state index in [-0.39, 0.29) is 0 Å². The zero-order chi connectivity index (χ0) is 16.8. The Morgan fingerprint density at radius 1 is 0.455 bits per heavy atom. The van der Waals surface area contributed by atoms with Crippen molar-refractivity contribution in [2.24, 2.45) is 0 Å². The summed E-state index contributed by atoms with van der Waals surface area (Å²) in [6, 6.07) is 0. The third-order valence-electron chi connectivity index (χ3n) is 5.28. The van der Waals surface area contributed by atoms with Gasteiger partial charge in [0.1, 0.15) is 0 Å². The number of hydrogen-bond acceptors (Lipinski definition) is 0. The van der Waals surface area contributed by atoms with Gasteiger partial charge in [-0.2, -0.15) is 0 Å². The molecule has 0 radical (unpaired) electrons. The molecule has 2 heteroatoms. The van der Waals surface area contributed by atoms with Crippen LogP contribution < -0.4 is 0 Å². The topological polar surface area (TPSA) is 0 Å². The van der Waals surface area contributed by atoms with E-state index in [0.29, 0.717) is 0 Å². The van der Waals surface area contributed by atoms with Crippen LogP contribution in [0.3, 0.4) is 0 Å². The molecule has 0 aromatic heterocycles. The Morgan fingerprint density at radius 2 is 0.682 bits per heavy atom. The molecule has 0 heterocycles. The van der Waals surface area contributed by atoms with Gasteiger partial charge in [0, 0.05) is 0 Å². The van der Waals surface area contributed by atoms with Crippen molar-refractivity contribution in [3.63, 3.8) is 0 Å². The fourth-order valence-electron chi connectivity index (χ4n) is 3.70. The summed E-state index contributed by atoms with van der Waals surface area (Å²) in [6.45, 7) is 6.01. The average Bonchev–Trinajstić information content (AvgIpc) is 2.49. The molecule has 0 N–H and O–H groups in total. The minimum atomic E-state index is -2.93. The average molecular weight is 335 g/mol. The van der Waals surface area contributed by atoms with Crippen LogP contribution in [0.25, 0.3) is 0 Å². The standard InChI is InChI=1S/C20H44FP/c1-5-9-13-17-22(21,18-14-10-6-2,19-15-11-7-3)20-16-12-8-4/h5-20H2,1-4H3. The van der Waals surface area contributed by atoms with Gasteiger partial charge in [-0.05, 0) is 0 Å². The Hall–Kier alpha value is 0.360. The number of hydrogen-bond donors (Lipinski definition) is 0. The van der Waals surface area contributed by atoms with Crippen molar-refractivity contribution in [2.45, 2.75) is 105 Å². The molecule has 22 heavy (non-hydrogen) atoms. The molecule has 0 aliphatic rings. The molecule has 0 saturated carbocycles. The molecule has 0 aliphatic heterocycles. The van der Waals surface area contributed by atoms with Gasteiger partial charge in [-0.15, -0.1) is 0 Å². The van der Waals surface area contributed by atoms with Crippen LogP contribution in [0.15, 0.2) is 0 Å². The molecule has 136 valence electrons. The van der Waals surface area contributed by atoms with Crippen LogP contribution >= 0.6 is 6.91 Å². The summed E-state index contributed by atoms with van der Waals surface area (Å²) in [4.78, 5) is 0. The molecular formula is C20H44FP. The predicted molar refractivity (Wildman–Crippen MR) is 106 cm³/mol. The third-order valence-corrected chi connectivity index (χ3v) is 11.0. The summed E-state index contributed by atoms with van der Waals surface area (Å²) in [7, 11) is 0. The van der Waals surface area contributed by atoms with E-state index in [1.165, 1.54) is 51.4 Å². The fourth-order valence-corrected chi connectivity index (χ4v) is 9.10. The Labute approximate surface area is 141 Å². The van der Waals surface area contributed by atoms with Gasteiger partial charge in [0.05, 0.1) is 0 Å². The van der Waals surface area contributed by atoms with Crippen LogP contribution in [0.5, 0.6) is 0 Å². The molecule has 0 bridgehead atoms. The molecule has 0 aromatic rings. The maximum absolute atomic E-state index is 16.6. The molecule has 0 aromatic carbocycles. The van der Waals surface area contributed by atoms with Crippen LogP contribution in [0.2, 0.25) is 0 Å². The van der Waals surface area contributed by atoms with Crippen LogP contribution in [0.4, 0.5) is 4.20 Å². The second-order valence-corrected chi connectivity index (χ2v) is 13.0. The molecule has 0 amide bonds. The van der Waals surface area contributed by atoms with Gasteiger partial charge in [-0.1, -0.05) is 0 Å². The zero-order valence-electron chi connectivity index (χ0n) is 16.1. The van der Waals surface area contributed by atoms with Crippen LogP contribution in [0, 0.1) is 0 Å². The maximum atomic E-state index is 16.6. The number of halogens is 1. The Kier molecular flexibility index (Phi) is 13.0. The molecule has 0 saturated heterocycles. The van der Waals surface area contributed by atoms with Crippen LogP contribution in [0.1, 0.15) is 105 Å². The van der Waals surface area contributed by atoms with E-state index in [0.717, 1.165) is 50.3 Å². The molecular weight excluding hydrogens is 290 g/mol. The van der Waals surface area contributed by atoms with Gasteiger partial charge in [0.2, 0.25) is 0 Å². The Morgan fingerprint density at radius 3 is 0.864 bits per heavy atom. The van der Waals surface area contributed by atoms with E-state index >= 15 is 4.20 Å². The van der Waals surface area contributed by atoms with Gasteiger partial charge in [-0.25, -0.2) is 0 Å². The van der Waals surface area contributed by atoms with Crippen LogP contribution in [-0.4, -0.2) is 24.6 Å². The summed E-state index contributed by atoms with van der Waals surface area (Å²) in [5, 5.41) is 0. The second kappa shape index (κ2) is 12.7. The first kappa shape index (κ1) is 22.4. The van der Waals surface area contributed by atoms with E-state index < -0.39 is 6.91 Å². The third kappa shape index (κ3) is 9.49. The number of unbranched alkanes of at least 4 members (excludes halogenated alkanes) is 8. The van der Waals surface area contributed by atoms with E-state index in [4.69, 9.17) is 0 Å². The second-order valence-electron chi connectivity index (χ2n) is 7.54. The van der Waals surface area contributed by atoms with Gasteiger partial charge in [0.15, 0.2) is 0 Å². The summed E-state index contributed by atoms with van der Waals surface area (Å²) >= 11 is 0. The number of rotatable bonds is 16. The molecule has 0 atom stereocenters. The summed E-state index contributed by atoms with van der Waals surface area (Å²) in [6.07, 6.45) is 18.0. The molecule has 0 spiro atoms. The van der Waals surface area contributed by atoms with Gasteiger partial charge in [-0.3, -0.25) is 0 Å². The quantitative estimate of drug-likeness (QED) is 0.197. The van der Waals surface area contributed by atoms with Crippen molar-refractivity contribution in [3.8, 4) is 0 Å². The molecule has 0 aliphatic carbocycles. The molecule has 0 rings (SSSR count). The zero-order valence-corrected chi connectivity index (χ0v) is 17.0. The van der Waals surface area contributed by atoms with Gasteiger partial charge >= 0.3 is 141 Å². The van der Waals surface area contributed by atoms with Crippen molar-refractivity contribution in [1.82, 2.24) is 0 Å². The summed E-state index contributed by atoms with van der Waals surface area (Å²) < 4.78 is 16.6. The van der Waals surface area contributed by atoms with E-state index in [1.54, 1.807) is 0 Å². The van der Waals surface area contributed by atoms with Crippen molar-refractivity contribution < 1.29 is 4.20 Å². The van der Waals surface area contributed by atoms with Crippen molar-refractivity contribution in [1.29, 1.82) is 0 Å². The minimum absolute atomic E-state index is 0.941. The molecule has 0 unspecified atom stereocenters. The normalized spacial score (nSPS) is 14.0. The first-order valence-electron chi connectivity index (χ1n) is 10.3. The van der Waals surface area contributed by atoms with Gasteiger partial charge < -0.3 is 0 Å². The van der Waals surface area contributed by atoms with E-state index in [2.05, 4.69) is 27.7 Å². The molecule has 0 nitrogen and oxygen atoms in total. The first-order valence-corrected chi connectivity index (χ1v) is 13.1. The molecule has 0 fully saturated rings. The monoisotopic (exact) mass is 334 g/mol. The predicted octanol–water partition coefficient (Wildman–Crippen LogP) is 8.19. The Balaban J connectivity index is 4.89. The van der Waals surface area contributed by atoms with Gasteiger partial charge in [0.25, 0.3) is 0 Å². The summed E-state index contributed by atoms with van der Waals surface area (Å²) in [5.41, 5.74) is 0. The van der Waals surface area contributed by atoms with E-state index in [1.807, 2.05) is 0 Å². The first-order chi connectivity index (χ1) is 10.5. The van der Waals surface area contributed by atoms with Crippen molar-refractivity contribution in [2.75, 3.05) is 24.6 Å². The van der Waals surface area contributed by atoms with Crippen molar-refractivity contribution >= 4 is 6.91 Å². The van der Waals surface area contributed by atoms with Crippen LogP contribution in [-0.2, 0) is 0 Å². The van der Waals surface area contributed by atoms with E-state index in [9.17, 15) is 0 Å². The van der Waals surface area contributed by atoms with Crippen molar-refractivity contribution in [3.05, 3.63) is 0 Å². The SMILES string of the molecule is CCCCCP(F)(CCCCC)(CCCCC)CCCCC. The summed E-state index contributed by atoms with van der Waals surface area (Å²) in [5.74, 6) is 0. The fraction of sp³-hybridized carbons (Fsp3) is 1.00. The Bertz CT molecular complexity index is 201.